The highest BCUT2D eigenvalue weighted by Gasteiger charge is 2.59. The lowest BCUT2D eigenvalue weighted by Crippen LogP contribution is -3.15. The number of allylic oxidation sites excluding steroid dienone is 1. The predicted octanol–water partition coefficient (Wildman–Crippen LogP) is -3.53. The van der Waals surface area contributed by atoms with Crippen molar-refractivity contribution in [1.82, 2.24) is 0 Å². The second-order valence-electron chi connectivity index (χ2n) is 15.2. The van der Waals surface area contributed by atoms with E-state index in [0.29, 0.717) is 25.9 Å². The first-order valence-electron chi connectivity index (χ1n) is 19.2. The Balaban J connectivity index is 1.55. The van der Waals surface area contributed by atoms with Crippen LogP contribution in [0.2, 0.25) is 0 Å². The number of nitrogens with one attached hydrogen (secondary N) is 1. The van der Waals surface area contributed by atoms with Crippen molar-refractivity contribution in [3.63, 3.8) is 0 Å². The molecule has 2 saturated heterocycles. The number of aliphatic hydroxyl groups is 6. The summed E-state index contributed by atoms with van der Waals surface area (Å²) in [5, 5.41) is 78.8. The van der Waals surface area contributed by atoms with Crippen molar-refractivity contribution < 1.29 is 79.2 Å². The Morgan fingerprint density at radius 2 is 1.77 bits per heavy atom. The molecule has 0 spiro atoms. The molecule has 3 aliphatic heterocycles. The lowest BCUT2D eigenvalue weighted by atomic mass is 9.75. The molecule has 0 aromatic heterocycles. The number of aliphatic carboxylic acids is 1. The van der Waals surface area contributed by atoms with Gasteiger partial charge >= 0.3 is 5.97 Å². The quantitative estimate of drug-likeness (QED) is 0.0487. The Labute approximate surface area is 310 Å². The number of carboxylic acids is 1. The van der Waals surface area contributed by atoms with Crippen LogP contribution in [-0.2, 0) is 33.3 Å². The van der Waals surface area contributed by atoms with Crippen LogP contribution in [0.1, 0.15) is 70.6 Å². The van der Waals surface area contributed by atoms with Gasteiger partial charge in [-0.3, -0.25) is 0 Å². The van der Waals surface area contributed by atoms with E-state index in [0.717, 1.165) is 68.1 Å². The highest BCUT2D eigenvalue weighted by Crippen LogP contribution is 2.43. The van der Waals surface area contributed by atoms with Crippen LogP contribution in [0, 0.1) is 17.8 Å². The van der Waals surface area contributed by atoms with E-state index in [-0.39, 0.29) is 43.9 Å². The van der Waals surface area contributed by atoms with Gasteiger partial charge in [0.2, 0.25) is 12.1 Å². The van der Waals surface area contributed by atoms with Crippen molar-refractivity contribution in [1.29, 1.82) is 0 Å². The van der Waals surface area contributed by atoms with Crippen LogP contribution in [0.15, 0.2) is 35.6 Å². The molecule has 5 rings (SSSR count). The molecule has 16 nitrogen and oxygen atoms in total. The second-order valence-corrected chi connectivity index (χ2v) is 15.2. The molecule has 53 heavy (non-hydrogen) atoms. The Kier molecular flexibility index (Phi) is 14.9. The molecule has 300 valence electrons. The van der Waals surface area contributed by atoms with Crippen LogP contribution < -0.4 is 15.3 Å². The average molecular weight is 756 g/mol. The predicted molar refractivity (Wildman–Crippen MR) is 182 cm³/mol. The molecular weight excluding hydrogens is 696 g/mol. The number of esters is 1. The maximum absolute atomic E-state index is 14.0. The van der Waals surface area contributed by atoms with Gasteiger partial charge in [0.1, 0.15) is 42.3 Å². The molecule has 4 fully saturated rings. The standard InChI is InChI=1S/C37H58N2O14/c1-38-22-50-31-35(52-29(20-41)30(42)37(31,47)48)53-34-27(17-23-8-4-2-5-9-23)36(46,28(21-49-34)33(45)51-26-10-6-3-7-11-26)13-12-24-16-25(32(43)44)19-39(18-24)14-15-40/h12-13,17,21,24-27,29-31,34-35,38,40-42,46-48H,2-11,14-16,18-20,22H2,1H3,(H,43,44)/p+1. The SMILES string of the molecule is C[NH2+]COC1C(OC2OC=C(C(=O)OC3CCCCC3)C(O)(C=CC3CC(C(=O)[O-])C[NH+](CCO)C3)C2C=C2CCCCC2)OC(CO)C(O)C1(O)O. The van der Waals surface area contributed by atoms with Gasteiger partial charge in [-0.05, 0) is 57.8 Å². The summed E-state index contributed by atoms with van der Waals surface area (Å²) in [6.45, 7) is 0.0754. The summed E-state index contributed by atoms with van der Waals surface area (Å²) >= 11 is 0. The zero-order valence-corrected chi connectivity index (χ0v) is 30.6. The van der Waals surface area contributed by atoms with Crippen LogP contribution in [0.3, 0.4) is 0 Å². The number of hydrogen-bond acceptors (Lipinski definition) is 14. The molecule has 0 aromatic carbocycles. The third-order valence-electron chi connectivity index (χ3n) is 11.3. The minimum absolute atomic E-state index is 0.0838. The van der Waals surface area contributed by atoms with E-state index >= 15 is 0 Å². The first-order valence-corrected chi connectivity index (χ1v) is 19.2. The highest BCUT2D eigenvalue weighted by atomic mass is 16.8. The average Bonchev–Trinajstić information content (AvgIpc) is 3.14. The van der Waals surface area contributed by atoms with Crippen LogP contribution in [-0.4, -0.2) is 138 Å². The number of nitrogens with two attached hydrogens (primary N) is 1. The van der Waals surface area contributed by atoms with Crippen molar-refractivity contribution in [2.75, 3.05) is 46.6 Å². The summed E-state index contributed by atoms with van der Waals surface area (Å²) in [5.41, 5.74) is -1.34. The number of carbonyl (C=O) groups is 2. The number of rotatable bonds is 14. The number of piperidine rings is 1. The van der Waals surface area contributed by atoms with E-state index in [1.807, 2.05) is 6.08 Å². The molecule has 0 bridgehead atoms. The minimum Gasteiger partial charge on any atom is -0.550 e. The number of quaternary nitrogens is 2. The minimum atomic E-state index is -2.92. The molecule has 3 heterocycles. The van der Waals surface area contributed by atoms with E-state index in [4.69, 9.17) is 23.7 Å². The molecule has 0 amide bonds. The van der Waals surface area contributed by atoms with Gasteiger partial charge in [-0.15, -0.1) is 0 Å². The molecule has 10 atom stereocenters. The van der Waals surface area contributed by atoms with Crippen LogP contribution in [0.4, 0.5) is 0 Å². The van der Waals surface area contributed by atoms with Crippen molar-refractivity contribution >= 4 is 11.9 Å². The lowest BCUT2D eigenvalue weighted by Gasteiger charge is -2.48. The molecular formula is C37H59N2O14+. The summed E-state index contributed by atoms with van der Waals surface area (Å²) in [4.78, 5) is 26.9. The van der Waals surface area contributed by atoms with Gasteiger partial charge in [-0.2, -0.15) is 0 Å². The summed E-state index contributed by atoms with van der Waals surface area (Å²) in [7, 11) is 1.68. The van der Waals surface area contributed by atoms with Crippen LogP contribution >= 0.6 is 0 Å². The third kappa shape index (κ3) is 10.0. The molecule has 9 N–H and O–H groups in total. The number of carboxylic acid groups (broad SMARTS) is 1. The van der Waals surface area contributed by atoms with E-state index in [2.05, 4.69) is 0 Å². The first kappa shape index (κ1) is 41.7. The Hall–Kier alpha value is -2.48. The summed E-state index contributed by atoms with van der Waals surface area (Å²) < 4.78 is 29.8. The van der Waals surface area contributed by atoms with Gasteiger partial charge in [-0.25, -0.2) is 4.79 Å². The molecule has 2 saturated carbocycles. The lowest BCUT2D eigenvalue weighted by molar-refractivity contribution is -0.911. The van der Waals surface area contributed by atoms with Crippen molar-refractivity contribution in [3.05, 3.63) is 35.6 Å². The summed E-state index contributed by atoms with van der Waals surface area (Å²) in [5.74, 6) is -7.22. The molecule has 10 unspecified atom stereocenters. The van der Waals surface area contributed by atoms with Gasteiger partial charge in [0, 0.05) is 11.8 Å². The van der Waals surface area contributed by atoms with E-state index in [9.17, 15) is 45.3 Å². The van der Waals surface area contributed by atoms with E-state index in [1.165, 1.54) is 6.08 Å². The maximum Gasteiger partial charge on any atom is 0.340 e. The fourth-order valence-corrected chi connectivity index (χ4v) is 8.31. The number of aliphatic hydroxyl groups excluding tert-OH is 3. The number of ether oxygens (including phenoxy) is 5. The van der Waals surface area contributed by atoms with E-state index in [1.54, 1.807) is 18.4 Å². The van der Waals surface area contributed by atoms with Crippen LogP contribution in [0.25, 0.3) is 0 Å². The molecule has 16 heteroatoms. The van der Waals surface area contributed by atoms with Gasteiger partial charge in [0.25, 0.3) is 0 Å². The third-order valence-corrected chi connectivity index (χ3v) is 11.3. The molecule has 5 aliphatic rings. The van der Waals surface area contributed by atoms with Crippen molar-refractivity contribution in [2.45, 2.75) is 119 Å². The van der Waals surface area contributed by atoms with Crippen molar-refractivity contribution in [3.8, 4) is 0 Å². The Bertz CT molecular complexity index is 1310. The van der Waals surface area contributed by atoms with Crippen molar-refractivity contribution in [2.24, 2.45) is 17.8 Å². The fourth-order valence-electron chi connectivity index (χ4n) is 8.31. The summed E-state index contributed by atoms with van der Waals surface area (Å²) in [6, 6.07) is 0. The Morgan fingerprint density at radius 1 is 1.06 bits per heavy atom. The fraction of sp³-hybridized carbons (Fsp3) is 0.784. The van der Waals surface area contributed by atoms with Gasteiger partial charge in [0.05, 0.1) is 45.2 Å². The molecule has 2 aliphatic carbocycles. The van der Waals surface area contributed by atoms with Gasteiger partial charge in [-0.1, -0.05) is 36.6 Å². The Morgan fingerprint density at radius 3 is 2.43 bits per heavy atom. The second kappa shape index (κ2) is 18.9. The van der Waals surface area contributed by atoms with Gasteiger partial charge in [0.15, 0.2) is 19.1 Å². The van der Waals surface area contributed by atoms with Crippen LogP contribution in [0.5, 0.6) is 0 Å². The number of likely N-dealkylation sites (tertiary alicyclic amines) is 1. The number of hydrogen-bond donors (Lipinski definition) is 8. The zero-order valence-electron chi connectivity index (χ0n) is 30.6. The molecule has 0 radical (unpaired) electrons. The largest absolute Gasteiger partial charge is 0.550 e. The first-order chi connectivity index (χ1) is 25.4. The monoisotopic (exact) mass is 755 g/mol. The zero-order chi connectivity index (χ0) is 38.2. The smallest absolute Gasteiger partial charge is 0.340 e. The molecule has 0 aromatic rings. The van der Waals surface area contributed by atoms with E-state index < -0.39 is 72.7 Å². The topological polar surface area (TPSA) is 246 Å². The maximum atomic E-state index is 14.0. The number of carbonyl (C=O) groups excluding carboxylic acids is 2. The highest BCUT2D eigenvalue weighted by molar-refractivity contribution is 5.91. The van der Waals surface area contributed by atoms with Gasteiger partial charge < -0.3 is 74.4 Å². The normalized spacial score (nSPS) is 36.8. The summed E-state index contributed by atoms with van der Waals surface area (Å²) in [6.07, 6.45) is 6.18.